The molecule has 0 saturated carbocycles. The van der Waals surface area contributed by atoms with Crippen LogP contribution in [0.2, 0.25) is 0 Å². The van der Waals surface area contributed by atoms with E-state index in [1.807, 2.05) is 6.92 Å². The molecular formula is C21H36O4. The number of carbonyl (C=O) groups is 2. The molecule has 4 atom stereocenters. The second-order valence-electron chi connectivity index (χ2n) is 7.44. The minimum absolute atomic E-state index is 0.0194. The summed E-state index contributed by atoms with van der Waals surface area (Å²) in [7, 11) is 0. The Morgan fingerprint density at radius 1 is 1.08 bits per heavy atom. The fraction of sp³-hybridized carbons (Fsp3) is 0.714. The van der Waals surface area contributed by atoms with Crippen molar-refractivity contribution in [3.8, 4) is 0 Å². The molecule has 0 aromatic heterocycles. The van der Waals surface area contributed by atoms with Crippen molar-refractivity contribution in [2.75, 3.05) is 6.61 Å². The fourth-order valence-corrected chi connectivity index (χ4v) is 2.86. The number of aliphatic hydroxyl groups excluding tert-OH is 1. The van der Waals surface area contributed by atoms with Crippen molar-refractivity contribution in [1.29, 1.82) is 0 Å². The molecule has 0 spiro atoms. The maximum atomic E-state index is 12.1. The predicted octanol–water partition coefficient (Wildman–Crippen LogP) is 4.47. The Morgan fingerprint density at radius 2 is 1.68 bits per heavy atom. The van der Waals surface area contributed by atoms with E-state index < -0.39 is 5.97 Å². The van der Waals surface area contributed by atoms with Crippen LogP contribution in [0.1, 0.15) is 67.2 Å². The van der Waals surface area contributed by atoms with Crippen molar-refractivity contribution in [3.05, 3.63) is 23.8 Å². The number of esters is 1. The van der Waals surface area contributed by atoms with E-state index in [4.69, 9.17) is 9.84 Å². The molecule has 0 rings (SSSR count). The zero-order valence-corrected chi connectivity index (χ0v) is 16.8. The smallest absolute Gasteiger partial charge is 0.331 e. The first kappa shape index (κ1) is 23.6. The lowest BCUT2D eigenvalue weighted by molar-refractivity contribution is -0.144. The number of carbonyl (C=O) groups excluding carboxylic acids is 2. The number of hydrogen-bond acceptors (Lipinski definition) is 4. The van der Waals surface area contributed by atoms with Crippen LogP contribution in [0, 0.1) is 17.8 Å². The Bertz CT molecular complexity index is 478. The monoisotopic (exact) mass is 352 g/mol. The predicted molar refractivity (Wildman–Crippen MR) is 102 cm³/mol. The van der Waals surface area contributed by atoms with Gasteiger partial charge in [0.2, 0.25) is 0 Å². The number of allylic oxidation sites excluding steroid dienone is 1. The number of ether oxygens (including phenoxy) is 1. The largest absolute Gasteiger partial charge is 0.459 e. The summed E-state index contributed by atoms with van der Waals surface area (Å²) in [4.78, 5) is 23.5. The molecule has 0 saturated heterocycles. The number of hydrogen-bond donors (Lipinski definition) is 1. The maximum absolute atomic E-state index is 12.1. The van der Waals surface area contributed by atoms with Crippen molar-refractivity contribution in [3.63, 3.8) is 0 Å². The van der Waals surface area contributed by atoms with Gasteiger partial charge in [0, 0.05) is 12.0 Å². The van der Waals surface area contributed by atoms with Crippen LogP contribution < -0.4 is 0 Å². The molecule has 25 heavy (non-hydrogen) atoms. The Hall–Kier alpha value is -1.42. The average molecular weight is 353 g/mol. The molecule has 4 unspecified atom stereocenters. The Morgan fingerprint density at radius 3 is 2.16 bits per heavy atom. The van der Waals surface area contributed by atoms with Gasteiger partial charge in [-0.1, -0.05) is 39.8 Å². The van der Waals surface area contributed by atoms with Crippen molar-refractivity contribution in [2.45, 2.75) is 73.3 Å². The first-order valence-electron chi connectivity index (χ1n) is 9.27. The van der Waals surface area contributed by atoms with E-state index in [9.17, 15) is 9.59 Å². The number of Topliss-reactive ketones (excluding diaryl/α,β-unsaturated/α-hetero) is 1. The molecule has 4 heteroatoms. The summed E-state index contributed by atoms with van der Waals surface area (Å²) in [5.41, 5.74) is 1.72. The summed E-state index contributed by atoms with van der Waals surface area (Å²) < 4.78 is 5.65. The molecule has 0 bridgehead atoms. The molecule has 1 N–H and O–H groups in total. The first-order chi connectivity index (χ1) is 11.6. The third kappa shape index (κ3) is 10.2. The maximum Gasteiger partial charge on any atom is 0.331 e. The quantitative estimate of drug-likeness (QED) is 0.320. The van der Waals surface area contributed by atoms with Gasteiger partial charge in [-0.25, -0.2) is 4.79 Å². The molecule has 0 aromatic rings. The normalized spacial score (nSPS) is 16.7. The van der Waals surface area contributed by atoms with Gasteiger partial charge < -0.3 is 9.84 Å². The minimum atomic E-state index is -0.419. The van der Waals surface area contributed by atoms with Gasteiger partial charge in [0.05, 0.1) is 6.61 Å². The van der Waals surface area contributed by atoms with Crippen molar-refractivity contribution >= 4 is 11.8 Å². The van der Waals surface area contributed by atoms with Crippen LogP contribution in [0.4, 0.5) is 0 Å². The van der Waals surface area contributed by atoms with Crippen LogP contribution in [0.5, 0.6) is 0 Å². The molecule has 0 aliphatic heterocycles. The van der Waals surface area contributed by atoms with Crippen LogP contribution in [0.25, 0.3) is 0 Å². The lowest BCUT2D eigenvalue weighted by Crippen LogP contribution is -2.24. The third-order valence-corrected chi connectivity index (χ3v) is 4.78. The van der Waals surface area contributed by atoms with E-state index in [-0.39, 0.29) is 36.2 Å². The van der Waals surface area contributed by atoms with Crippen molar-refractivity contribution in [2.24, 2.45) is 17.8 Å². The van der Waals surface area contributed by atoms with Crippen LogP contribution >= 0.6 is 0 Å². The van der Waals surface area contributed by atoms with Crippen LogP contribution in [-0.4, -0.2) is 29.6 Å². The van der Waals surface area contributed by atoms with Gasteiger partial charge in [-0.05, 0) is 56.9 Å². The zero-order chi connectivity index (χ0) is 19.6. The minimum Gasteiger partial charge on any atom is -0.459 e. The second-order valence-corrected chi connectivity index (χ2v) is 7.44. The SMILES string of the molecule is C=C(CC)C(C)CC(CC(C)CC(C)C(C)=O)OC(=O)C=C(C)CO. The van der Waals surface area contributed by atoms with Gasteiger partial charge in [0.25, 0.3) is 0 Å². The highest BCUT2D eigenvalue weighted by Crippen LogP contribution is 2.26. The Balaban J connectivity index is 4.96. The summed E-state index contributed by atoms with van der Waals surface area (Å²) in [6.07, 6.45) is 4.26. The fourth-order valence-electron chi connectivity index (χ4n) is 2.86. The standard InChI is InChI=1S/C21H36O4/c1-8-16(4)17(5)12-20(25-21(24)11-15(3)13-22)10-14(2)9-18(6)19(7)23/h11,14,17-18,20,22H,4,8-10,12-13H2,1-3,5-7H3. The first-order valence-corrected chi connectivity index (χ1v) is 9.27. The molecular weight excluding hydrogens is 316 g/mol. The number of ketones is 1. The van der Waals surface area contributed by atoms with Crippen LogP contribution in [-0.2, 0) is 14.3 Å². The molecule has 0 aliphatic carbocycles. The summed E-state index contributed by atoms with van der Waals surface area (Å²) in [5, 5.41) is 9.04. The van der Waals surface area contributed by atoms with E-state index in [0.717, 1.165) is 31.3 Å². The lowest BCUT2D eigenvalue weighted by atomic mass is 9.86. The van der Waals surface area contributed by atoms with Gasteiger partial charge >= 0.3 is 5.97 Å². The average Bonchev–Trinajstić information content (AvgIpc) is 2.52. The number of rotatable bonds is 12. The highest BCUT2D eigenvalue weighted by molar-refractivity contribution is 5.82. The van der Waals surface area contributed by atoms with E-state index in [1.165, 1.54) is 6.08 Å². The summed E-state index contributed by atoms with van der Waals surface area (Å²) in [6.45, 7) is 15.4. The zero-order valence-electron chi connectivity index (χ0n) is 16.8. The van der Waals surface area contributed by atoms with Gasteiger partial charge in [0.1, 0.15) is 11.9 Å². The van der Waals surface area contributed by atoms with Crippen molar-refractivity contribution < 1.29 is 19.4 Å². The van der Waals surface area contributed by atoms with E-state index in [2.05, 4.69) is 27.4 Å². The van der Waals surface area contributed by atoms with E-state index in [1.54, 1.807) is 13.8 Å². The molecule has 0 aliphatic rings. The lowest BCUT2D eigenvalue weighted by Gasteiger charge is -2.25. The van der Waals surface area contributed by atoms with Crippen LogP contribution in [0.3, 0.4) is 0 Å². The molecule has 0 radical (unpaired) electrons. The van der Waals surface area contributed by atoms with E-state index in [0.29, 0.717) is 5.57 Å². The molecule has 0 fully saturated rings. The van der Waals surface area contributed by atoms with Gasteiger partial charge in [-0.15, -0.1) is 0 Å². The third-order valence-electron chi connectivity index (χ3n) is 4.78. The number of aliphatic hydroxyl groups is 1. The van der Waals surface area contributed by atoms with Gasteiger partial charge in [-0.3, -0.25) is 4.79 Å². The topological polar surface area (TPSA) is 63.6 Å². The van der Waals surface area contributed by atoms with Crippen LogP contribution in [0.15, 0.2) is 23.8 Å². The summed E-state index contributed by atoms with van der Waals surface area (Å²) >= 11 is 0. The second kappa shape index (κ2) is 12.0. The molecule has 4 nitrogen and oxygen atoms in total. The Kier molecular flexibility index (Phi) is 11.3. The summed E-state index contributed by atoms with van der Waals surface area (Å²) in [6, 6.07) is 0. The van der Waals surface area contributed by atoms with Crippen molar-refractivity contribution in [1.82, 2.24) is 0 Å². The highest BCUT2D eigenvalue weighted by Gasteiger charge is 2.22. The van der Waals surface area contributed by atoms with Gasteiger partial charge in [0.15, 0.2) is 0 Å². The highest BCUT2D eigenvalue weighted by atomic mass is 16.5. The van der Waals surface area contributed by atoms with Gasteiger partial charge in [-0.2, -0.15) is 0 Å². The summed E-state index contributed by atoms with van der Waals surface area (Å²) in [5.74, 6) is 0.336. The molecule has 144 valence electrons. The van der Waals surface area contributed by atoms with E-state index >= 15 is 0 Å². The molecule has 0 amide bonds. The molecule has 0 aromatic carbocycles. The Labute approximate surface area is 153 Å². The molecule has 0 heterocycles.